The minimum absolute atomic E-state index is 0.885. The van der Waals surface area contributed by atoms with Gasteiger partial charge in [0, 0.05) is 0 Å². The summed E-state index contributed by atoms with van der Waals surface area (Å²) in [7, 11) is 0.885. The van der Waals surface area contributed by atoms with Gasteiger partial charge in [-0.25, -0.2) is 0 Å². The molecule has 0 aliphatic carbocycles. The Bertz CT molecular complexity index is 226. The molecule has 1 aromatic rings. The van der Waals surface area contributed by atoms with Gasteiger partial charge in [0.15, 0.2) is 0 Å². The van der Waals surface area contributed by atoms with E-state index in [1.165, 1.54) is 10.8 Å². The van der Waals surface area contributed by atoms with Crippen molar-refractivity contribution in [3.8, 4) is 0 Å². The predicted octanol–water partition coefficient (Wildman–Crippen LogP) is 2.01. The molecular weight excluding hydrogens is 148 g/mol. The predicted molar refractivity (Wildman–Crippen MR) is 51.5 cm³/mol. The van der Waals surface area contributed by atoms with Crippen LogP contribution in [-0.2, 0) is 0 Å². The molecule has 0 saturated carbocycles. The number of hydrogen-bond acceptors (Lipinski definition) is 0. The molecule has 0 aromatic heterocycles. The maximum absolute atomic E-state index is 3.88. The van der Waals surface area contributed by atoms with Crippen molar-refractivity contribution in [2.45, 2.75) is 13.0 Å². The summed E-state index contributed by atoms with van der Waals surface area (Å²) in [5.41, 5.74) is 1.27. The second-order valence-electron chi connectivity index (χ2n) is 2.68. The smallest absolute Gasteiger partial charge is 0.0852 e. The Morgan fingerprint density at radius 1 is 1.36 bits per heavy atom. The van der Waals surface area contributed by atoms with Crippen LogP contribution in [0.3, 0.4) is 0 Å². The van der Waals surface area contributed by atoms with Crippen molar-refractivity contribution in [3.05, 3.63) is 42.5 Å². The molecule has 0 unspecified atom stereocenters. The topological polar surface area (TPSA) is 0 Å². The molecule has 0 heterocycles. The summed E-state index contributed by atoms with van der Waals surface area (Å²) in [6.07, 6.45) is 0. The van der Waals surface area contributed by atoms with Crippen molar-refractivity contribution in [3.63, 3.8) is 0 Å². The molecule has 0 saturated heterocycles. The molecular formula is C10H12Si. The maximum atomic E-state index is 3.88. The molecule has 0 fully saturated rings. The van der Waals surface area contributed by atoms with Gasteiger partial charge in [-0.05, 0) is 13.0 Å². The van der Waals surface area contributed by atoms with E-state index in [4.69, 9.17) is 0 Å². The molecule has 11 heavy (non-hydrogen) atoms. The van der Waals surface area contributed by atoms with Crippen molar-refractivity contribution >= 4 is 14.7 Å². The lowest BCUT2D eigenvalue weighted by Crippen LogP contribution is -2.12. The van der Waals surface area contributed by atoms with E-state index in [2.05, 4.69) is 43.8 Å². The van der Waals surface area contributed by atoms with Crippen LogP contribution in [-0.4, -0.2) is 9.52 Å². The van der Waals surface area contributed by atoms with Crippen molar-refractivity contribution in [1.82, 2.24) is 0 Å². The highest BCUT2D eigenvalue weighted by molar-refractivity contribution is 6.54. The van der Waals surface area contributed by atoms with Gasteiger partial charge in [0.05, 0.1) is 9.52 Å². The summed E-state index contributed by atoms with van der Waals surface area (Å²) in [6.45, 7) is 5.96. The minimum atomic E-state index is 0.885. The van der Waals surface area contributed by atoms with Crippen LogP contribution in [0.25, 0.3) is 0 Å². The molecule has 0 aliphatic heterocycles. The van der Waals surface area contributed by atoms with Crippen LogP contribution >= 0.6 is 0 Å². The summed E-state index contributed by atoms with van der Waals surface area (Å²) in [5, 5.41) is 1.43. The molecule has 0 spiro atoms. The van der Waals surface area contributed by atoms with Gasteiger partial charge < -0.3 is 0 Å². The van der Waals surface area contributed by atoms with E-state index >= 15 is 0 Å². The standard InChI is InChI=1S/C10H12Si/c1-9(2)8-11-10-6-4-3-5-7-10/h3-7H,1,8H2,2H3. The Morgan fingerprint density at radius 3 is 2.55 bits per heavy atom. The highest BCUT2D eigenvalue weighted by Crippen LogP contribution is 1.94. The molecule has 56 valence electrons. The largest absolute Gasteiger partial charge is 0.100 e. The normalized spacial score (nSPS) is 9.55. The summed E-state index contributed by atoms with van der Waals surface area (Å²) < 4.78 is 0. The first kappa shape index (κ1) is 8.28. The quantitative estimate of drug-likeness (QED) is 0.469. The van der Waals surface area contributed by atoms with E-state index in [9.17, 15) is 0 Å². The molecule has 1 aromatic carbocycles. The van der Waals surface area contributed by atoms with Gasteiger partial charge in [0.2, 0.25) is 0 Å². The van der Waals surface area contributed by atoms with Crippen LogP contribution in [0.2, 0.25) is 6.04 Å². The zero-order chi connectivity index (χ0) is 8.10. The third-order valence-corrected chi connectivity index (χ3v) is 2.89. The van der Waals surface area contributed by atoms with Gasteiger partial charge >= 0.3 is 0 Å². The highest BCUT2D eigenvalue weighted by Gasteiger charge is 1.92. The van der Waals surface area contributed by atoms with Crippen molar-refractivity contribution < 1.29 is 0 Å². The lowest BCUT2D eigenvalue weighted by Gasteiger charge is -1.97. The monoisotopic (exact) mass is 160 g/mol. The van der Waals surface area contributed by atoms with E-state index < -0.39 is 0 Å². The van der Waals surface area contributed by atoms with Crippen LogP contribution in [0, 0.1) is 0 Å². The second kappa shape index (κ2) is 4.14. The van der Waals surface area contributed by atoms with Gasteiger partial charge in [0.25, 0.3) is 0 Å². The Balaban J connectivity index is 2.45. The Labute approximate surface area is 70.8 Å². The van der Waals surface area contributed by atoms with Gasteiger partial charge in [-0.15, -0.1) is 6.58 Å². The maximum Gasteiger partial charge on any atom is 0.0852 e. The van der Waals surface area contributed by atoms with Crippen LogP contribution in [0.4, 0.5) is 0 Å². The van der Waals surface area contributed by atoms with Crippen molar-refractivity contribution in [1.29, 1.82) is 0 Å². The minimum Gasteiger partial charge on any atom is -0.100 e. The number of rotatable bonds is 3. The number of hydrogen-bond donors (Lipinski definition) is 0. The first-order valence-corrected chi connectivity index (χ1v) is 4.93. The zero-order valence-electron chi connectivity index (χ0n) is 6.80. The van der Waals surface area contributed by atoms with Crippen LogP contribution in [0.1, 0.15) is 6.92 Å². The summed E-state index contributed by atoms with van der Waals surface area (Å²) in [4.78, 5) is 0. The van der Waals surface area contributed by atoms with E-state index in [0.29, 0.717) is 0 Å². The molecule has 0 atom stereocenters. The van der Waals surface area contributed by atoms with E-state index in [1.54, 1.807) is 0 Å². The second-order valence-corrected chi connectivity index (χ2v) is 3.96. The molecule has 1 rings (SSSR count). The van der Waals surface area contributed by atoms with E-state index in [-0.39, 0.29) is 0 Å². The zero-order valence-corrected chi connectivity index (χ0v) is 7.80. The summed E-state index contributed by atoms with van der Waals surface area (Å²) >= 11 is 0. The molecule has 0 bridgehead atoms. The fourth-order valence-electron chi connectivity index (χ4n) is 0.809. The average molecular weight is 160 g/mol. The fourth-order valence-corrected chi connectivity index (χ4v) is 1.74. The van der Waals surface area contributed by atoms with Crippen molar-refractivity contribution in [2.75, 3.05) is 0 Å². The molecule has 0 aliphatic rings. The molecule has 0 amide bonds. The first-order valence-electron chi connectivity index (χ1n) is 3.72. The first-order chi connectivity index (χ1) is 5.29. The Kier molecular flexibility index (Phi) is 3.11. The van der Waals surface area contributed by atoms with Gasteiger partial charge in [0.1, 0.15) is 0 Å². The fraction of sp³-hybridized carbons (Fsp3) is 0.200. The Hall–Kier alpha value is -0.823. The molecule has 2 radical (unpaired) electrons. The van der Waals surface area contributed by atoms with Crippen molar-refractivity contribution in [2.24, 2.45) is 0 Å². The number of benzene rings is 1. The summed E-state index contributed by atoms with van der Waals surface area (Å²) in [6, 6.07) is 11.7. The SMILES string of the molecule is C=C(C)C[Si]c1ccccc1. The third-order valence-electron chi connectivity index (χ3n) is 1.37. The highest BCUT2D eigenvalue weighted by atomic mass is 28.2. The van der Waals surface area contributed by atoms with Crippen LogP contribution < -0.4 is 5.19 Å². The van der Waals surface area contributed by atoms with Gasteiger partial charge in [-0.2, -0.15) is 0 Å². The van der Waals surface area contributed by atoms with Crippen LogP contribution in [0.5, 0.6) is 0 Å². The number of allylic oxidation sites excluding steroid dienone is 1. The van der Waals surface area contributed by atoms with E-state index in [0.717, 1.165) is 15.6 Å². The Morgan fingerprint density at radius 2 is 2.00 bits per heavy atom. The van der Waals surface area contributed by atoms with Gasteiger partial charge in [-0.3, -0.25) is 0 Å². The van der Waals surface area contributed by atoms with E-state index in [1.807, 2.05) is 0 Å². The third kappa shape index (κ3) is 3.19. The molecule has 0 N–H and O–H groups in total. The lowest BCUT2D eigenvalue weighted by atomic mass is 10.4. The van der Waals surface area contributed by atoms with Gasteiger partial charge in [-0.1, -0.05) is 41.1 Å². The summed E-state index contributed by atoms with van der Waals surface area (Å²) in [5.74, 6) is 0. The molecule has 1 heteroatoms. The molecule has 0 nitrogen and oxygen atoms in total. The lowest BCUT2D eigenvalue weighted by molar-refractivity contribution is 1.40. The van der Waals surface area contributed by atoms with Crippen LogP contribution in [0.15, 0.2) is 42.5 Å². The average Bonchev–Trinajstić information content (AvgIpc) is 2.03.